The van der Waals surface area contributed by atoms with Crippen LogP contribution in [-0.2, 0) is 11.8 Å². The van der Waals surface area contributed by atoms with Gasteiger partial charge in [-0.3, -0.25) is 4.98 Å². The molecule has 0 fully saturated rings. The van der Waals surface area contributed by atoms with E-state index in [9.17, 15) is 2.74 Å². The first kappa shape index (κ1) is 28.2. The van der Waals surface area contributed by atoms with Crippen LogP contribution in [0.15, 0.2) is 170 Å². The van der Waals surface area contributed by atoms with Crippen LogP contribution in [0.1, 0.15) is 37.8 Å². The number of rotatable bonds is 5. The first-order chi connectivity index (χ1) is 26.5. The fraction of sp³-hybridized carbons (Fsp3) is 0.0833. The molecule has 4 heteroatoms. The lowest BCUT2D eigenvalue weighted by Crippen LogP contribution is -2.31. The van der Waals surface area contributed by atoms with Gasteiger partial charge in [0.05, 0.1) is 0 Å². The minimum Gasteiger partial charge on any atom is -0.264 e. The average Bonchev–Trinajstić information content (AvgIpc) is 3.54. The number of benzene rings is 6. The number of pyridine rings is 1. The Bertz CT molecular complexity index is 2650. The molecule has 0 bridgehead atoms. The van der Waals surface area contributed by atoms with Crippen molar-refractivity contribution < 1.29 is 2.74 Å². The van der Waals surface area contributed by atoms with Crippen molar-refractivity contribution in [1.29, 1.82) is 0 Å². The zero-order valence-corrected chi connectivity index (χ0v) is 28.4. The van der Waals surface area contributed by atoms with Crippen molar-refractivity contribution in [2.45, 2.75) is 24.6 Å². The number of fused-ring (bicyclic) bond motifs is 7. The van der Waals surface area contributed by atoms with Crippen molar-refractivity contribution in [2.75, 3.05) is 0 Å². The van der Waals surface area contributed by atoms with Crippen molar-refractivity contribution in [3.8, 4) is 67.5 Å². The summed E-state index contributed by atoms with van der Waals surface area (Å²) < 4.78 is 19.3. The molecule has 0 saturated heterocycles. The Labute approximate surface area is 306 Å². The topological polar surface area (TPSA) is 51.6 Å². The molecule has 246 valence electrons. The highest BCUT2D eigenvalue weighted by Gasteiger charge is 2.46. The number of aromatic nitrogens is 4. The smallest absolute Gasteiger partial charge is 0.164 e. The van der Waals surface area contributed by atoms with E-state index >= 15 is 0 Å². The zero-order valence-electron chi connectivity index (χ0n) is 30.4. The summed E-state index contributed by atoms with van der Waals surface area (Å²) in [5, 5.41) is 0. The molecule has 2 aliphatic rings. The predicted octanol–water partition coefficient (Wildman–Crippen LogP) is 11.3. The maximum absolute atomic E-state index is 9.63. The molecule has 4 nitrogen and oxygen atoms in total. The summed E-state index contributed by atoms with van der Waals surface area (Å²) in [4.78, 5) is 19.2. The summed E-state index contributed by atoms with van der Waals surface area (Å²) in [5.41, 5.74) is 12.4. The van der Waals surface area contributed by atoms with Gasteiger partial charge in [-0.15, -0.1) is 0 Å². The van der Waals surface area contributed by atoms with E-state index in [2.05, 4.69) is 89.9 Å². The van der Waals surface area contributed by atoms with Crippen LogP contribution in [0.5, 0.6) is 0 Å². The summed E-state index contributed by atoms with van der Waals surface area (Å²) >= 11 is 0. The molecular weight excluding hydrogens is 633 g/mol. The fourth-order valence-corrected chi connectivity index (χ4v) is 8.07. The van der Waals surface area contributed by atoms with Crippen molar-refractivity contribution in [1.82, 2.24) is 19.9 Å². The predicted molar refractivity (Wildman–Crippen MR) is 209 cm³/mol. The van der Waals surface area contributed by atoms with E-state index in [-0.39, 0.29) is 0 Å². The SMILES string of the molecule is [2H]C1([2H])CCc2cnccc2C12c1ccccc1-c1ccc(-c3cccc(-c4cccc(-c5nc(-c6ccccc6)nc(-c6ccccc6)n5)c4)c3)cc12. The first-order valence-electron chi connectivity index (χ1n) is 18.8. The second kappa shape index (κ2) is 12.4. The lowest BCUT2D eigenvalue weighted by atomic mass is 9.64. The van der Waals surface area contributed by atoms with E-state index < -0.39 is 11.8 Å². The standard InChI is InChI=1S/C48H34N4/c1-3-12-32(13-4-1)45-50-46(33-14-5-2-6-15-33)52-47(51-45)38-19-10-18-36(29-38)34-16-9-17-35(28-34)37-23-24-41-40-21-7-8-22-43(40)48(44(41)30-37)26-11-20-39-31-49-27-25-42(39)48/h1-10,12-19,21-25,27-31H,11,20,26H2/i26D2. The molecule has 1 atom stereocenters. The third-order valence-corrected chi connectivity index (χ3v) is 10.5. The van der Waals surface area contributed by atoms with Crippen molar-refractivity contribution >= 4 is 0 Å². The quantitative estimate of drug-likeness (QED) is 0.183. The minimum absolute atomic E-state index is 0.427. The maximum Gasteiger partial charge on any atom is 0.164 e. The van der Waals surface area contributed by atoms with Gasteiger partial charge in [0.25, 0.3) is 0 Å². The highest BCUT2D eigenvalue weighted by atomic mass is 15.0. The Kier molecular flexibility index (Phi) is 6.71. The van der Waals surface area contributed by atoms with E-state index in [1.54, 1.807) is 0 Å². The van der Waals surface area contributed by atoms with Gasteiger partial charge >= 0.3 is 0 Å². The molecule has 6 aromatic carbocycles. The van der Waals surface area contributed by atoms with Crippen LogP contribution < -0.4 is 0 Å². The van der Waals surface area contributed by atoms with Gasteiger partial charge in [-0.2, -0.15) is 0 Å². The first-order valence-corrected chi connectivity index (χ1v) is 17.8. The summed E-state index contributed by atoms with van der Waals surface area (Å²) in [5.74, 6) is 1.87. The van der Waals surface area contributed by atoms with E-state index in [0.29, 0.717) is 30.3 Å². The van der Waals surface area contributed by atoms with E-state index in [1.807, 2.05) is 85.2 Å². The molecule has 1 spiro atoms. The molecule has 0 saturated carbocycles. The molecule has 2 aliphatic carbocycles. The van der Waals surface area contributed by atoms with E-state index in [0.717, 1.165) is 72.3 Å². The molecule has 0 radical (unpaired) electrons. The largest absolute Gasteiger partial charge is 0.264 e. The van der Waals surface area contributed by atoms with Gasteiger partial charge in [-0.1, -0.05) is 133 Å². The normalized spacial score (nSPS) is 17.1. The minimum atomic E-state index is -1.50. The van der Waals surface area contributed by atoms with Crippen LogP contribution in [0.25, 0.3) is 67.5 Å². The molecule has 0 aliphatic heterocycles. The van der Waals surface area contributed by atoms with Gasteiger partial charge in [0.2, 0.25) is 0 Å². The molecule has 2 heterocycles. The fourth-order valence-electron chi connectivity index (χ4n) is 8.07. The van der Waals surface area contributed by atoms with Crippen LogP contribution >= 0.6 is 0 Å². The van der Waals surface area contributed by atoms with Gasteiger partial charge in [0, 0.05) is 37.2 Å². The Balaban J connectivity index is 1.07. The van der Waals surface area contributed by atoms with Crippen molar-refractivity contribution in [3.63, 3.8) is 0 Å². The number of hydrogen-bond donors (Lipinski definition) is 0. The zero-order chi connectivity index (χ0) is 36.3. The summed E-state index contributed by atoms with van der Waals surface area (Å²) in [6.45, 7) is 0. The van der Waals surface area contributed by atoms with Crippen LogP contribution in [0.4, 0.5) is 0 Å². The van der Waals surface area contributed by atoms with Gasteiger partial charge in [-0.05, 0) is 99.1 Å². The third kappa shape index (κ3) is 4.98. The van der Waals surface area contributed by atoms with E-state index in [4.69, 9.17) is 15.0 Å². The van der Waals surface area contributed by atoms with Crippen molar-refractivity contribution in [3.05, 3.63) is 192 Å². The summed E-state index contributed by atoms with van der Waals surface area (Å²) in [6.07, 6.45) is 3.33. The monoisotopic (exact) mass is 668 g/mol. The van der Waals surface area contributed by atoms with Crippen LogP contribution in [0.3, 0.4) is 0 Å². The molecular formula is C48H34N4. The Morgan fingerprint density at radius 2 is 0.981 bits per heavy atom. The van der Waals surface area contributed by atoms with Gasteiger partial charge in [0.1, 0.15) is 0 Å². The molecule has 0 N–H and O–H groups in total. The molecule has 10 rings (SSSR count). The summed E-state index contributed by atoms with van der Waals surface area (Å²) in [6, 6.07) is 54.0. The second-order valence-corrected chi connectivity index (χ2v) is 13.5. The number of nitrogens with zero attached hydrogens (tertiary/aromatic N) is 4. The third-order valence-electron chi connectivity index (χ3n) is 10.5. The van der Waals surface area contributed by atoms with Crippen LogP contribution in [0.2, 0.25) is 0 Å². The molecule has 0 amide bonds. The Morgan fingerprint density at radius 1 is 0.442 bits per heavy atom. The Morgan fingerprint density at radius 3 is 1.67 bits per heavy atom. The second-order valence-electron chi connectivity index (χ2n) is 13.5. The number of aryl methyl sites for hydroxylation is 1. The van der Waals surface area contributed by atoms with Gasteiger partial charge in [0.15, 0.2) is 17.5 Å². The molecule has 52 heavy (non-hydrogen) atoms. The van der Waals surface area contributed by atoms with E-state index in [1.165, 1.54) is 0 Å². The van der Waals surface area contributed by atoms with Crippen LogP contribution in [-0.4, -0.2) is 19.9 Å². The maximum atomic E-state index is 9.63. The molecule has 2 aromatic heterocycles. The lowest BCUT2D eigenvalue weighted by molar-refractivity contribution is 0.506. The number of hydrogen-bond acceptors (Lipinski definition) is 4. The molecule has 1 unspecified atom stereocenters. The summed E-state index contributed by atoms with van der Waals surface area (Å²) in [7, 11) is 0. The highest BCUT2D eigenvalue weighted by molar-refractivity contribution is 5.87. The molecule has 8 aromatic rings. The van der Waals surface area contributed by atoms with Crippen LogP contribution in [0, 0.1) is 0 Å². The van der Waals surface area contributed by atoms with Crippen molar-refractivity contribution in [2.24, 2.45) is 0 Å². The van der Waals surface area contributed by atoms with Gasteiger partial charge in [-0.25, -0.2) is 15.0 Å². The Hall–Kier alpha value is -6.52. The van der Waals surface area contributed by atoms with Gasteiger partial charge < -0.3 is 0 Å². The average molecular weight is 669 g/mol. The lowest BCUT2D eigenvalue weighted by Gasteiger charge is -2.38. The highest BCUT2D eigenvalue weighted by Crippen LogP contribution is 2.57.